The van der Waals surface area contributed by atoms with Crippen LogP contribution in [0.4, 0.5) is 8.78 Å². The molecule has 0 spiro atoms. The van der Waals surface area contributed by atoms with Crippen molar-refractivity contribution in [2.75, 3.05) is 0 Å². The summed E-state index contributed by atoms with van der Waals surface area (Å²) in [7, 11) is 0. The van der Waals surface area contributed by atoms with Crippen molar-refractivity contribution in [3.63, 3.8) is 0 Å². The number of nitrogens with zero attached hydrogens (tertiary/aromatic N) is 4. The fourth-order valence-electron chi connectivity index (χ4n) is 3.69. The molecule has 0 fully saturated rings. The zero-order valence-corrected chi connectivity index (χ0v) is 17.9. The molecule has 32 heavy (non-hydrogen) atoms. The smallest absolute Gasteiger partial charge is 0.331 e. The lowest BCUT2D eigenvalue weighted by Crippen LogP contribution is -2.13. The van der Waals surface area contributed by atoms with E-state index in [0.29, 0.717) is 5.52 Å². The number of hydrogen-bond acceptors (Lipinski definition) is 4. The van der Waals surface area contributed by atoms with E-state index >= 15 is 0 Å². The molecule has 0 aliphatic rings. The standard InChI is InChI=1S/C24H22F2N4O2/c1-15-19(16(2)30(28-15)18-9-5-4-6-10-18)13-14-22(31)32-17(3)23-27-20-11-7-8-12-21(20)29(23)24(25)26/h4-14,17,24H,1-3H3/b14-13+. The second-order valence-corrected chi connectivity index (χ2v) is 7.35. The minimum Gasteiger partial charge on any atom is -0.451 e. The molecule has 0 saturated heterocycles. The Labute approximate surface area is 183 Å². The zero-order valence-electron chi connectivity index (χ0n) is 17.9. The minimum absolute atomic E-state index is 0.00721. The van der Waals surface area contributed by atoms with E-state index < -0.39 is 18.6 Å². The normalized spacial score (nSPS) is 12.7. The van der Waals surface area contributed by atoms with Gasteiger partial charge < -0.3 is 4.74 Å². The number of fused-ring (bicyclic) bond motifs is 1. The lowest BCUT2D eigenvalue weighted by atomic mass is 10.2. The van der Waals surface area contributed by atoms with Crippen LogP contribution >= 0.6 is 0 Å². The molecule has 164 valence electrons. The Morgan fingerprint density at radius 2 is 1.75 bits per heavy atom. The van der Waals surface area contributed by atoms with E-state index in [9.17, 15) is 13.6 Å². The minimum atomic E-state index is -2.80. The number of aryl methyl sites for hydroxylation is 1. The van der Waals surface area contributed by atoms with Crippen LogP contribution in [0.5, 0.6) is 0 Å². The van der Waals surface area contributed by atoms with E-state index in [4.69, 9.17) is 4.74 Å². The molecule has 0 radical (unpaired) electrons. The molecule has 0 amide bonds. The number of benzene rings is 2. The highest BCUT2D eigenvalue weighted by atomic mass is 19.3. The van der Waals surface area contributed by atoms with Gasteiger partial charge in [0.15, 0.2) is 11.9 Å². The Hall–Kier alpha value is -3.81. The number of carbonyl (C=O) groups is 1. The summed E-state index contributed by atoms with van der Waals surface area (Å²) in [5, 5.41) is 4.54. The molecular formula is C24H22F2N4O2. The van der Waals surface area contributed by atoms with Crippen LogP contribution in [0.3, 0.4) is 0 Å². The third-order valence-corrected chi connectivity index (χ3v) is 5.21. The van der Waals surface area contributed by atoms with Gasteiger partial charge in [0.25, 0.3) is 0 Å². The number of rotatable bonds is 6. The topological polar surface area (TPSA) is 61.9 Å². The Kier molecular flexibility index (Phi) is 5.85. The summed E-state index contributed by atoms with van der Waals surface area (Å²) in [6, 6.07) is 16.2. The fraction of sp³-hybridized carbons (Fsp3) is 0.208. The van der Waals surface area contributed by atoms with E-state index in [1.54, 1.807) is 35.0 Å². The molecule has 2 heterocycles. The van der Waals surface area contributed by atoms with Gasteiger partial charge in [0.05, 0.1) is 22.4 Å². The van der Waals surface area contributed by atoms with Crippen LogP contribution in [-0.4, -0.2) is 25.3 Å². The van der Waals surface area contributed by atoms with Crippen LogP contribution in [0.2, 0.25) is 0 Å². The molecule has 6 nitrogen and oxygen atoms in total. The number of halogens is 2. The lowest BCUT2D eigenvalue weighted by molar-refractivity contribution is -0.143. The largest absolute Gasteiger partial charge is 0.451 e. The third-order valence-electron chi connectivity index (χ3n) is 5.21. The molecule has 0 aliphatic heterocycles. The van der Waals surface area contributed by atoms with Gasteiger partial charge in [-0.05, 0) is 51.1 Å². The molecule has 0 saturated carbocycles. The first-order valence-corrected chi connectivity index (χ1v) is 10.1. The molecule has 2 aromatic carbocycles. The number of hydrogen-bond donors (Lipinski definition) is 0. The molecule has 4 aromatic rings. The number of ether oxygens (including phenoxy) is 1. The summed E-state index contributed by atoms with van der Waals surface area (Å²) in [4.78, 5) is 16.7. The Bertz CT molecular complexity index is 1290. The molecule has 8 heteroatoms. The average molecular weight is 436 g/mol. The van der Waals surface area contributed by atoms with Gasteiger partial charge in [-0.1, -0.05) is 30.3 Å². The molecule has 0 aliphatic carbocycles. The summed E-state index contributed by atoms with van der Waals surface area (Å²) in [6.07, 6.45) is 1.95. The van der Waals surface area contributed by atoms with Crippen LogP contribution in [0.15, 0.2) is 60.7 Å². The maximum atomic E-state index is 13.6. The van der Waals surface area contributed by atoms with Gasteiger partial charge in [-0.25, -0.2) is 14.5 Å². The highest BCUT2D eigenvalue weighted by Crippen LogP contribution is 2.28. The second kappa shape index (κ2) is 8.74. The van der Waals surface area contributed by atoms with E-state index in [1.165, 1.54) is 13.0 Å². The van der Waals surface area contributed by atoms with Crippen LogP contribution in [0, 0.1) is 13.8 Å². The Morgan fingerprint density at radius 1 is 1.06 bits per heavy atom. The Balaban J connectivity index is 1.54. The fourth-order valence-corrected chi connectivity index (χ4v) is 3.69. The zero-order chi connectivity index (χ0) is 22.8. The summed E-state index contributed by atoms with van der Waals surface area (Å²) >= 11 is 0. The van der Waals surface area contributed by atoms with Crippen molar-refractivity contribution < 1.29 is 18.3 Å². The van der Waals surface area contributed by atoms with Crippen molar-refractivity contribution in [1.82, 2.24) is 19.3 Å². The summed E-state index contributed by atoms with van der Waals surface area (Å²) < 4.78 is 35.3. The van der Waals surface area contributed by atoms with Crippen LogP contribution in [0.1, 0.15) is 42.4 Å². The van der Waals surface area contributed by atoms with Gasteiger partial charge in [-0.3, -0.25) is 4.57 Å². The van der Waals surface area contributed by atoms with Crippen LogP contribution in [-0.2, 0) is 9.53 Å². The van der Waals surface area contributed by atoms with Crippen LogP contribution in [0.25, 0.3) is 22.8 Å². The summed E-state index contributed by atoms with van der Waals surface area (Å²) in [6.45, 7) is 2.48. The highest BCUT2D eigenvalue weighted by Gasteiger charge is 2.23. The predicted molar refractivity (Wildman–Crippen MR) is 118 cm³/mol. The first-order chi connectivity index (χ1) is 15.4. The maximum Gasteiger partial charge on any atom is 0.331 e. The molecular weight excluding hydrogens is 414 g/mol. The van der Waals surface area contributed by atoms with E-state index in [0.717, 1.165) is 27.2 Å². The first kappa shape index (κ1) is 21.4. The number of carbonyl (C=O) groups excluding carboxylic acids is 1. The molecule has 4 rings (SSSR count). The second-order valence-electron chi connectivity index (χ2n) is 7.35. The molecule has 1 atom stereocenters. The number of alkyl halides is 2. The molecule has 1 unspecified atom stereocenters. The van der Waals surface area contributed by atoms with E-state index in [1.807, 2.05) is 44.2 Å². The molecule has 0 N–H and O–H groups in total. The Morgan fingerprint density at radius 3 is 2.47 bits per heavy atom. The lowest BCUT2D eigenvalue weighted by Gasteiger charge is -2.14. The van der Waals surface area contributed by atoms with Crippen molar-refractivity contribution >= 4 is 23.1 Å². The average Bonchev–Trinajstić information content (AvgIpc) is 3.30. The predicted octanol–water partition coefficient (Wildman–Crippen LogP) is 5.55. The summed E-state index contributed by atoms with van der Waals surface area (Å²) in [5.74, 6) is -0.663. The van der Waals surface area contributed by atoms with Crippen molar-refractivity contribution in [3.05, 3.63) is 83.4 Å². The number of esters is 1. The van der Waals surface area contributed by atoms with Gasteiger partial charge in [0.1, 0.15) is 0 Å². The van der Waals surface area contributed by atoms with Gasteiger partial charge in [0.2, 0.25) is 0 Å². The number of aromatic nitrogens is 4. The van der Waals surface area contributed by atoms with Gasteiger partial charge in [-0.15, -0.1) is 0 Å². The van der Waals surface area contributed by atoms with Gasteiger partial charge in [0, 0.05) is 17.3 Å². The van der Waals surface area contributed by atoms with Crippen LogP contribution < -0.4 is 0 Å². The van der Waals surface area contributed by atoms with Crippen molar-refractivity contribution in [3.8, 4) is 5.69 Å². The van der Waals surface area contributed by atoms with Crippen molar-refractivity contribution in [1.29, 1.82) is 0 Å². The monoisotopic (exact) mass is 436 g/mol. The van der Waals surface area contributed by atoms with Crippen molar-refractivity contribution in [2.45, 2.75) is 33.4 Å². The highest BCUT2D eigenvalue weighted by molar-refractivity contribution is 5.87. The molecule has 0 bridgehead atoms. The first-order valence-electron chi connectivity index (χ1n) is 10.1. The van der Waals surface area contributed by atoms with Gasteiger partial charge in [-0.2, -0.15) is 13.9 Å². The van der Waals surface area contributed by atoms with Gasteiger partial charge >= 0.3 is 12.5 Å². The summed E-state index contributed by atoms with van der Waals surface area (Å²) in [5.41, 5.74) is 4.03. The maximum absolute atomic E-state index is 13.6. The SMILES string of the molecule is Cc1nn(-c2ccccc2)c(C)c1/C=C/C(=O)OC(C)c1nc2ccccc2n1C(F)F. The van der Waals surface area contributed by atoms with E-state index in [-0.39, 0.29) is 11.3 Å². The quantitative estimate of drug-likeness (QED) is 0.294. The number of imidazole rings is 1. The third kappa shape index (κ3) is 4.03. The number of para-hydroxylation sites is 3. The van der Waals surface area contributed by atoms with E-state index in [2.05, 4.69) is 10.1 Å². The molecule has 2 aromatic heterocycles. The van der Waals surface area contributed by atoms with Crippen molar-refractivity contribution in [2.24, 2.45) is 0 Å².